The predicted molar refractivity (Wildman–Crippen MR) is 113 cm³/mol. The van der Waals surface area contributed by atoms with Crippen LogP contribution in [0, 0.1) is 11.2 Å². The van der Waals surface area contributed by atoms with Crippen LogP contribution in [-0.2, 0) is 17.7 Å². The molecule has 1 spiro atoms. The highest BCUT2D eigenvalue weighted by atomic mass is 19.1. The van der Waals surface area contributed by atoms with Crippen molar-refractivity contribution in [3.8, 4) is 5.75 Å². The summed E-state index contributed by atoms with van der Waals surface area (Å²) in [6.07, 6.45) is 2.36. The predicted octanol–water partition coefficient (Wildman–Crippen LogP) is 4.11. The minimum Gasteiger partial charge on any atom is -0.497 e. The Balaban J connectivity index is 1.64. The lowest BCUT2D eigenvalue weighted by Gasteiger charge is -2.52. The number of methoxy groups -OCH3 is 1. The molecule has 4 rings (SSSR count). The fourth-order valence-electron chi connectivity index (χ4n) is 4.66. The SMILES string of the molecule is COc1ccc(CN2C(=O)OCC3(CCN(C)CC3)C2Cc2ccc(F)cc2)cc1. The van der Waals surface area contributed by atoms with Gasteiger partial charge < -0.3 is 14.4 Å². The minimum atomic E-state index is -0.275. The molecule has 0 radical (unpaired) electrons. The number of carbonyl (C=O) groups excluding carboxylic acids is 1. The van der Waals surface area contributed by atoms with E-state index in [1.807, 2.05) is 41.3 Å². The molecule has 5 nitrogen and oxygen atoms in total. The van der Waals surface area contributed by atoms with E-state index < -0.39 is 0 Å². The first-order valence-electron chi connectivity index (χ1n) is 10.5. The minimum absolute atomic E-state index is 0.0000119. The number of rotatable bonds is 5. The fourth-order valence-corrected chi connectivity index (χ4v) is 4.66. The zero-order valence-corrected chi connectivity index (χ0v) is 17.6. The van der Waals surface area contributed by atoms with E-state index in [1.54, 1.807) is 7.11 Å². The molecule has 2 heterocycles. The van der Waals surface area contributed by atoms with Gasteiger partial charge in [-0.3, -0.25) is 4.90 Å². The molecule has 0 aliphatic carbocycles. The summed E-state index contributed by atoms with van der Waals surface area (Å²) >= 11 is 0. The summed E-state index contributed by atoms with van der Waals surface area (Å²) in [6.45, 7) is 2.89. The van der Waals surface area contributed by atoms with Gasteiger partial charge in [0.25, 0.3) is 0 Å². The third-order valence-corrected chi connectivity index (χ3v) is 6.64. The van der Waals surface area contributed by atoms with Crippen LogP contribution in [0.15, 0.2) is 48.5 Å². The summed E-state index contributed by atoms with van der Waals surface area (Å²) in [7, 11) is 3.77. The average Bonchev–Trinajstić information content (AvgIpc) is 2.77. The van der Waals surface area contributed by atoms with Gasteiger partial charge in [-0.1, -0.05) is 24.3 Å². The van der Waals surface area contributed by atoms with Crippen LogP contribution in [0.2, 0.25) is 0 Å². The van der Waals surface area contributed by atoms with E-state index in [1.165, 1.54) is 12.1 Å². The molecule has 2 fully saturated rings. The molecule has 30 heavy (non-hydrogen) atoms. The van der Waals surface area contributed by atoms with E-state index in [2.05, 4.69) is 11.9 Å². The van der Waals surface area contributed by atoms with Crippen molar-refractivity contribution < 1.29 is 18.7 Å². The molecule has 0 saturated carbocycles. The van der Waals surface area contributed by atoms with Gasteiger partial charge >= 0.3 is 6.09 Å². The quantitative estimate of drug-likeness (QED) is 0.741. The first-order chi connectivity index (χ1) is 14.5. The van der Waals surface area contributed by atoms with Crippen molar-refractivity contribution in [1.29, 1.82) is 0 Å². The lowest BCUT2D eigenvalue weighted by molar-refractivity contribution is -0.0780. The van der Waals surface area contributed by atoms with Gasteiger partial charge in [-0.25, -0.2) is 9.18 Å². The zero-order chi connectivity index (χ0) is 21.1. The van der Waals surface area contributed by atoms with Crippen LogP contribution in [0.25, 0.3) is 0 Å². The van der Waals surface area contributed by atoms with E-state index in [0.717, 1.165) is 42.8 Å². The number of amides is 1. The molecule has 1 amide bonds. The van der Waals surface area contributed by atoms with Crippen molar-refractivity contribution in [2.24, 2.45) is 5.41 Å². The highest BCUT2D eigenvalue weighted by Crippen LogP contribution is 2.42. The van der Waals surface area contributed by atoms with E-state index in [0.29, 0.717) is 19.6 Å². The molecule has 2 aromatic rings. The Morgan fingerprint density at radius 1 is 1.07 bits per heavy atom. The lowest BCUT2D eigenvalue weighted by atomic mass is 9.69. The highest BCUT2D eigenvalue weighted by Gasteiger charge is 2.49. The van der Waals surface area contributed by atoms with Crippen LogP contribution < -0.4 is 4.74 Å². The Hall–Kier alpha value is -2.60. The summed E-state index contributed by atoms with van der Waals surface area (Å²) < 4.78 is 24.4. The third kappa shape index (κ3) is 4.29. The summed E-state index contributed by atoms with van der Waals surface area (Å²) in [6, 6.07) is 14.4. The van der Waals surface area contributed by atoms with E-state index in [4.69, 9.17) is 9.47 Å². The first kappa shape index (κ1) is 20.7. The number of hydrogen-bond acceptors (Lipinski definition) is 4. The van der Waals surface area contributed by atoms with Crippen molar-refractivity contribution in [3.63, 3.8) is 0 Å². The molecule has 0 aromatic heterocycles. The number of nitrogens with zero attached hydrogens (tertiary/aromatic N) is 2. The first-order valence-corrected chi connectivity index (χ1v) is 10.5. The molecule has 160 valence electrons. The second-order valence-corrected chi connectivity index (χ2v) is 8.54. The van der Waals surface area contributed by atoms with Gasteiger partial charge in [0.15, 0.2) is 0 Å². The third-order valence-electron chi connectivity index (χ3n) is 6.64. The molecule has 2 aliphatic rings. The number of ether oxygens (including phenoxy) is 2. The second-order valence-electron chi connectivity index (χ2n) is 8.54. The Kier molecular flexibility index (Phi) is 5.95. The van der Waals surface area contributed by atoms with Gasteiger partial charge in [0.1, 0.15) is 18.2 Å². The number of carbonyl (C=O) groups is 1. The van der Waals surface area contributed by atoms with Crippen molar-refractivity contribution >= 4 is 6.09 Å². The van der Waals surface area contributed by atoms with Gasteiger partial charge in [0.05, 0.1) is 7.11 Å². The van der Waals surface area contributed by atoms with E-state index in [-0.39, 0.29) is 23.4 Å². The molecule has 1 atom stereocenters. The van der Waals surface area contributed by atoms with Gasteiger partial charge in [-0.15, -0.1) is 0 Å². The van der Waals surface area contributed by atoms with Gasteiger partial charge in [-0.05, 0) is 74.8 Å². The van der Waals surface area contributed by atoms with Gasteiger partial charge in [-0.2, -0.15) is 0 Å². The van der Waals surface area contributed by atoms with Crippen LogP contribution in [-0.4, -0.2) is 55.8 Å². The normalized spacial score (nSPS) is 21.5. The number of piperidine rings is 1. The number of halogens is 1. The summed E-state index contributed by atoms with van der Waals surface area (Å²) in [5.41, 5.74) is 1.97. The van der Waals surface area contributed by atoms with Crippen molar-refractivity contribution in [2.75, 3.05) is 33.9 Å². The van der Waals surface area contributed by atoms with Crippen molar-refractivity contribution in [1.82, 2.24) is 9.80 Å². The van der Waals surface area contributed by atoms with Crippen LogP contribution in [0.4, 0.5) is 9.18 Å². The number of hydrogen-bond donors (Lipinski definition) is 0. The maximum atomic E-state index is 13.4. The van der Waals surface area contributed by atoms with Crippen LogP contribution in [0.1, 0.15) is 24.0 Å². The largest absolute Gasteiger partial charge is 0.497 e. The Labute approximate surface area is 177 Å². The summed E-state index contributed by atoms with van der Waals surface area (Å²) in [5.74, 6) is 0.542. The molecule has 2 saturated heterocycles. The van der Waals surface area contributed by atoms with Gasteiger partial charge in [0.2, 0.25) is 0 Å². The maximum Gasteiger partial charge on any atom is 0.410 e. The van der Waals surface area contributed by atoms with Crippen LogP contribution in [0.5, 0.6) is 5.75 Å². The van der Waals surface area contributed by atoms with Crippen LogP contribution >= 0.6 is 0 Å². The Morgan fingerprint density at radius 2 is 1.70 bits per heavy atom. The second kappa shape index (κ2) is 8.64. The number of likely N-dealkylation sites (tertiary alicyclic amines) is 1. The number of benzene rings is 2. The van der Waals surface area contributed by atoms with E-state index in [9.17, 15) is 9.18 Å². The van der Waals surface area contributed by atoms with Crippen molar-refractivity contribution in [3.05, 3.63) is 65.5 Å². The average molecular weight is 413 g/mol. The molecule has 0 bridgehead atoms. The van der Waals surface area contributed by atoms with E-state index >= 15 is 0 Å². The Bertz CT molecular complexity index is 861. The lowest BCUT2D eigenvalue weighted by Crippen LogP contribution is -2.61. The molecule has 1 unspecified atom stereocenters. The monoisotopic (exact) mass is 412 g/mol. The molecular weight excluding hydrogens is 383 g/mol. The topological polar surface area (TPSA) is 42.0 Å². The molecule has 2 aromatic carbocycles. The maximum absolute atomic E-state index is 13.4. The van der Waals surface area contributed by atoms with Crippen LogP contribution in [0.3, 0.4) is 0 Å². The smallest absolute Gasteiger partial charge is 0.410 e. The Morgan fingerprint density at radius 3 is 2.33 bits per heavy atom. The molecule has 2 aliphatic heterocycles. The van der Waals surface area contributed by atoms with Gasteiger partial charge in [0, 0.05) is 18.0 Å². The summed E-state index contributed by atoms with van der Waals surface area (Å²) in [4.78, 5) is 17.1. The summed E-state index contributed by atoms with van der Waals surface area (Å²) in [5, 5.41) is 0. The van der Waals surface area contributed by atoms with Crippen molar-refractivity contribution in [2.45, 2.75) is 31.8 Å². The standard InChI is InChI=1S/C24H29FN2O3/c1-26-13-11-24(12-14-26)17-30-23(28)27(16-19-5-9-21(29-2)10-6-19)22(24)15-18-3-7-20(25)8-4-18/h3-10,22H,11-17H2,1-2H3. The molecular formula is C24H29FN2O3. The zero-order valence-electron chi connectivity index (χ0n) is 17.6. The highest BCUT2D eigenvalue weighted by molar-refractivity contribution is 5.69. The fraction of sp³-hybridized carbons (Fsp3) is 0.458. The molecule has 6 heteroatoms. The number of cyclic esters (lactones) is 1. The molecule has 0 N–H and O–H groups in total.